The fourth-order valence-electron chi connectivity index (χ4n) is 2.99. The van der Waals surface area contributed by atoms with E-state index in [9.17, 15) is 4.79 Å². The van der Waals surface area contributed by atoms with Gasteiger partial charge >= 0.3 is 6.09 Å². The summed E-state index contributed by atoms with van der Waals surface area (Å²) in [5, 5.41) is 7.73. The molecule has 0 spiro atoms. The van der Waals surface area contributed by atoms with Crippen LogP contribution in [0.4, 0.5) is 4.79 Å². The molecule has 23 heavy (non-hydrogen) atoms. The third-order valence-electron chi connectivity index (χ3n) is 4.04. The van der Waals surface area contributed by atoms with Gasteiger partial charge in [0.1, 0.15) is 10.6 Å². The number of aryl methyl sites for hydroxylation is 1. The highest BCUT2D eigenvalue weighted by Crippen LogP contribution is 2.28. The van der Waals surface area contributed by atoms with Crippen molar-refractivity contribution in [3.05, 3.63) is 16.1 Å². The molecule has 0 aromatic carbocycles. The maximum absolute atomic E-state index is 11.8. The number of carbonyl (C=O) groups excluding carboxylic acids is 1. The predicted octanol–water partition coefficient (Wildman–Crippen LogP) is 3.80. The molecule has 1 saturated carbocycles. The Morgan fingerprint density at radius 3 is 2.83 bits per heavy atom. The first kappa shape index (κ1) is 18.2. The zero-order chi connectivity index (χ0) is 17.0. The summed E-state index contributed by atoms with van der Waals surface area (Å²) in [4.78, 5) is 17.5. The molecule has 1 heterocycles. The Hall–Kier alpha value is -1.14. The largest absolute Gasteiger partial charge is 0.444 e. The van der Waals surface area contributed by atoms with Crippen molar-refractivity contribution >= 4 is 17.4 Å². The van der Waals surface area contributed by atoms with Crippen LogP contribution < -0.4 is 10.6 Å². The minimum atomic E-state index is -0.450. The van der Waals surface area contributed by atoms with Gasteiger partial charge in [-0.2, -0.15) is 0 Å². The summed E-state index contributed by atoms with van der Waals surface area (Å²) in [6.07, 6.45) is 5.08. The number of nitrogens with zero attached hydrogens (tertiary/aromatic N) is 1. The molecule has 5 nitrogen and oxygen atoms in total. The Balaban J connectivity index is 1.82. The topological polar surface area (TPSA) is 63.2 Å². The Morgan fingerprint density at radius 1 is 1.48 bits per heavy atom. The van der Waals surface area contributed by atoms with Crippen LogP contribution in [0.5, 0.6) is 0 Å². The monoisotopic (exact) mass is 339 g/mol. The molecule has 2 rings (SSSR count). The first-order valence-electron chi connectivity index (χ1n) is 8.40. The fourth-order valence-corrected chi connectivity index (χ4v) is 3.78. The number of ether oxygens (including phenoxy) is 1. The van der Waals surface area contributed by atoms with Gasteiger partial charge in [-0.15, -0.1) is 11.3 Å². The Kier molecular flexibility index (Phi) is 6.03. The van der Waals surface area contributed by atoms with Gasteiger partial charge in [-0.05, 0) is 53.4 Å². The summed E-state index contributed by atoms with van der Waals surface area (Å²) < 4.78 is 5.31. The number of amides is 1. The standard InChI is InChI=1S/C17H29N3O2S/c1-11-9-18-15(23-11)12(2)20-14-8-6-7-13(14)10-19-16(21)22-17(3,4)5/h9,12-14,20H,6-8,10H2,1-5H3,(H,19,21). The van der Waals surface area contributed by atoms with E-state index in [1.807, 2.05) is 27.0 Å². The SMILES string of the molecule is Cc1cnc(C(C)NC2CCCC2CNC(=O)OC(C)(C)C)s1. The molecule has 2 N–H and O–H groups in total. The van der Waals surface area contributed by atoms with Gasteiger partial charge in [0.15, 0.2) is 0 Å². The average Bonchev–Trinajstić information content (AvgIpc) is 3.03. The van der Waals surface area contributed by atoms with E-state index in [4.69, 9.17) is 4.74 Å². The van der Waals surface area contributed by atoms with Crippen LogP contribution >= 0.6 is 11.3 Å². The number of thiazole rings is 1. The number of aromatic nitrogens is 1. The van der Waals surface area contributed by atoms with Crippen molar-refractivity contribution in [1.29, 1.82) is 0 Å². The van der Waals surface area contributed by atoms with Crippen molar-refractivity contribution in [2.75, 3.05) is 6.54 Å². The first-order chi connectivity index (χ1) is 10.7. The van der Waals surface area contributed by atoms with Crippen molar-refractivity contribution < 1.29 is 9.53 Å². The third-order valence-corrected chi connectivity index (χ3v) is 5.14. The smallest absolute Gasteiger partial charge is 0.407 e. The van der Waals surface area contributed by atoms with E-state index in [-0.39, 0.29) is 12.1 Å². The van der Waals surface area contributed by atoms with Crippen molar-refractivity contribution in [1.82, 2.24) is 15.6 Å². The second-order valence-electron chi connectivity index (χ2n) is 7.38. The van der Waals surface area contributed by atoms with Crippen LogP contribution in [-0.2, 0) is 4.74 Å². The third kappa shape index (κ3) is 5.77. The van der Waals surface area contributed by atoms with Crippen molar-refractivity contribution in [2.24, 2.45) is 5.92 Å². The lowest BCUT2D eigenvalue weighted by Crippen LogP contribution is -2.41. The minimum absolute atomic E-state index is 0.251. The highest BCUT2D eigenvalue weighted by molar-refractivity contribution is 7.11. The summed E-state index contributed by atoms with van der Waals surface area (Å²) in [6, 6.07) is 0.671. The normalized spacial score (nSPS) is 22.8. The van der Waals surface area contributed by atoms with Crippen LogP contribution in [0, 0.1) is 12.8 Å². The van der Waals surface area contributed by atoms with E-state index in [0.717, 1.165) is 17.8 Å². The molecule has 1 aliphatic rings. The summed E-state index contributed by atoms with van der Waals surface area (Å²) in [5.41, 5.74) is -0.450. The van der Waals surface area contributed by atoms with Gasteiger partial charge in [0.2, 0.25) is 0 Å². The van der Waals surface area contributed by atoms with Crippen LogP contribution in [0.25, 0.3) is 0 Å². The number of hydrogen-bond acceptors (Lipinski definition) is 5. The zero-order valence-corrected chi connectivity index (χ0v) is 15.6. The number of rotatable bonds is 5. The molecule has 130 valence electrons. The molecule has 0 bridgehead atoms. The van der Waals surface area contributed by atoms with Crippen LogP contribution in [0.2, 0.25) is 0 Å². The first-order valence-corrected chi connectivity index (χ1v) is 9.21. The molecule has 1 amide bonds. The van der Waals surface area contributed by atoms with Crippen molar-refractivity contribution in [3.8, 4) is 0 Å². The number of alkyl carbamates (subject to hydrolysis) is 1. The molecular formula is C17H29N3O2S. The van der Waals surface area contributed by atoms with Crippen molar-refractivity contribution in [2.45, 2.75) is 71.6 Å². The van der Waals surface area contributed by atoms with E-state index in [2.05, 4.69) is 29.5 Å². The van der Waals surface area contributed by atoms with Gasteiger partial charge in [0, 0.05) is 23.7 Å². The molecule has 1 aromatic heterocycles. The minimum Gasteiger partial charge on any atom is -0.444 e. The summed E-state index contributed by atoms with van der Waals surface area (Å²) >= 11 is 1.74. The predicted molar refractivity (Wildman–Crippen MR) is 93.8 cm³/mol. The Morgan fingerprint density at radius 2 is 2.22 bits per heavy atom. The van der Waals surface area contributed by atoms with Crippen LogP contribution in [-0.4, -0.2) is 29.3 Å². The van der Waals surface area contributed by atoms with Crippen LogP contribution in [0.15, 0.2) is 6.20 Å². The van der Waals surface area contributed by atoms with E-state index >= 15 is 0 Å². The lowest BCUT2D eigenvalue weighted by molar-refractivity contribution is 0.0517. The Bertz CT molecular complexity index is 524. The fraction of sp³-hybridized carbons (Fsp3) is 0.765. The van der Waals surface area contributed by atoms with Gasteiger partial charge in [-0.1, -0.05) is 6.42 Å². The van der Waals surface area contributed by atoms with Gasteiger partial charge < -0.3 is 15.4 Å². The molecule has 1 aromatic rings. The van der Waals surface area contributed by atoms with Gasteiger partial charge in [0.05, 0.1) is 6.04 Å². The molecule has 1 aliphatic carbocycles. The highest BCUT2D eigenvalue weighted by Gasteiger charge is 2.29. The summed E-state index contributed by atoms with van der Waals surface area (Å²) in [7, 11) is 0. The maximum Gasteiger partial charge on any atom is 0.407 e. The molecule has 0 radical (unpaired) electrons. The molecule has 6 heteroatoms. The molecule has 3 unspecified atom stereocenters. The molecule has 0 aliphatic heterocycles. The second kappa shape index (κ2) is 7.62. The van der Waals surface area contributed by atoms with Gasteiger partial charge in [-0.25, -0.2) is 9.78 Å². The lowest BCUT2D eigenvalue weighted by Gasteiger charge is -2.25. The molecular weight excluding hydrogens is 310 g/mol. The summed E-state index contributed by atoms with van der Waals surface area (Å²) in [5.74, 6) is 0.450. The Labute approximate surface area is 143 Å². The van der Waals surface area contributed by atoms with E-state index in [1.165, 1.54) is 11.3 Å². The van der Waals surface area contributed by atoms with Gasteiger partial charge in [-0.3, -0.25) is 0 Å². The van der Waals surface area contributed by atoms with Crippen LogP contribution in [0.3, 0.4) is 0 Å². The van der Waals surface area contributed by atoms with Crippen molar-refractivity contribution in [3.63, 3.8) is 0 Å². The lowest BCUT2D eigenvalue weighted by atomic mass is 10.0. The maximum atomic E-state index is 11.8. The number of carbonyl (C=O) groups is 1. The molecule has 1 fully saturated rings. The average molecular weight is 340 g/mol. The zero-order valence-electron chi connectivity index (χ0n) is 14.8. The second-order valence-corrected chi connectivity index (χ2v) is 8.64. The van der Waals surface area contributed by atoms with E-state index in [0.29, 0.717) is 18.5 Å². The van der Waals surface area contributed by atoms with E-state index in [1.54, 1.807) is 11.3 Å². The molecule has 3 atom stereocenters. The summed E-state index contributed by atoms with van der Waals surface area (Å²) in [6.45, 7) is 10.5. The number of nitrogens with one attached hydrogen (secondary N) is 2. The van der Waals surface area contributed by atoms with Gasteiger partial charge in [0.25, 0.3) is 0 Å². The quantitative estimate of drug-likeness (QED) is 0.856. The number of hydrogen-bond donors (Lipinski definition) is 2. The highest BCUT2D eigenvalue weighted by atomic mass is 32.1. The molecule has 0 saturated heterocycles. The van der Waals surface area contributed by atoms with Crippen LogP contribution in [0.1, 0.15) is 62.9 Å². The van der Waals surface area contributed by atoms with E-state index < -0.39 is 5.60 Å².